The second-order valence-electron chi connectivity index (χ2n) is 6.73. The molecule has 112 valence electrons. The van der Waals surface area contributed by atoms with E-state index < -0.39 is 0 Å². The monoisotopic (exact) mass is 277 g/mol. The van der Waals surface area contributed by atoms with Gasteiger partial charge in [0.15, 0.2) is 0 Å². The van der Waals surface area contributed by atoms with Crippen molar-refractivity contribution >= 4 is 0 Å². The zero-order valence-corrected chi connectivity index (χ0v) is 13.0. The lowest BCUT2D eigenvalue weighted by molar-refractivity contribution is -0.0964. The van der Waals surface area contributed by atoms with Gasteiger partial charge in [0.1, 0.15) is 0 Å². The minimum atomic E-state index is 0.102. The van der Waals surface area contributed by atoms with Gasteiger partial charge < -0.3 is 10.5 Å². The molecular weight excluding hydrogens is 250 g/mol. The zero-order valence-electron chi connectivity index (χ0n) is 13.0. The highest BCUT2D eigenvalue weighted by molar-refractivity contribution is 5.28. The Morgan fingerprint density at radius 2 is 2.05 bits per heavy atom. The van der Waals surface area contributed by atoms with E-state index in [2.05, 4.69) is 18.9 Å². The van der Waals surface area contributed by atoms with Crippen LogP contribution in [0.4, 0.5) is 0 Å². The summed E-state index contributed by atoms with van der Waals surface area (Å²) >= 11 is 0. The quantitative estimate of drug-likeness (QED) is 0.904. The number of nitrogens with zero attached hydrogens (tertiary/aromatic N) is 2. The fraction of sp³-hybridized carbons (Fsp3) is 0.812. The van der Waals surface area contributed by atoms with Crippen LogP contribution in [0, 0.1) is 19.8 Å². The van der Waals surface area contributed by atoms with Crippen molar-refractivity contribution in [2.45, 2.75) is 64.0 Å². The first-order valence-corrected chi connectivity index (χ1v) is 7.92. The molecule has 1 aromatic heterocycles. The number of aryl methyl sites for hydroxylation is 2. The van der Waals surface area contributed by atoms with Crippen LogP contribution >= 0.6 is 0 Å². The molecule has 1 aromatic rings. The molecule has 20 heavy (non-hydrogen) atoms. The molecule has 0 bridgehead atoms. The van der Waals surface area contributed by atoms with Crippen molar-refractivity contribution in [1.82, 2.24) is 9.78 Å². The number of aromatic nitrogens is 2. The van der Waals surface area contributed by atoms with Gasteiger partial charge in [0.05, 0.1) is 11.3 Å². The molecule has 4 heteroatoms. The van der Waals surface area contributed by atoms with E-state index in [1.165, 1.54) is 36.9 Å². The average molecular weight is 277 g/mol. The summed E-state index contributed by atoms with van der Waals surface area (Å²) in [6, 6.07) is 0.102. The van der Waals surface area contributed by atoms with E-state index in [9.17, 15) is 0 Å². The molecule has 2 aliphatic rings. The zero-order chi connectivity index (χ0) is 14.3. The lowest BCUT2D eigenvalue weighted by Crippen LogP contribution is -2.40. The topological polar surface area (TPSA) is 53.1 Å². The molecule has 1 spiro atoms. The average Bonchev–Trinajstić information content (AvgIpc) is 2.95. The summed E-state index contributed by atoms with van der Waals surface area (Å²) in [6.07, 6.45) is 7.28. The molecule has 2 fully saturated rings. The predicted octanol–water partition coefficient (Wildman–Crippen LogP) is 2.78. The van der Waals surface area contributed by atoms with Crippen LogP contribution in [0.25, 0.3) is 0 Å². The molecular formula is C16H27N3O. The molecule has 1 aliphatic heterocycles. The first-order chi connectivity index (χ1) is 9.52. The van der Waals surface area contributed by atoms with Crippen LogP contribution in [0.15, 0.2) is 0 Å². The summed E-state index contributed by atoms with van der Waals surface area (Å²) < 4.78 is 8.09. The number of hydrogen-bond donors (Lipinski definition) is 1. The third kappa shape index (κ3) is 2.29. The Morgan fingerprint density at radius 1 is 1.35 bits per heavy atom. The van der Waals surface area contributed by atoms with E-state index in [0.29, 0.717) is 5.92 Å². The fourth-order valence-electron chi connectivity index (χ4n) is 4.25. The molecule has 2 unspecified atom stereocenters. The Balaban J connectivity index is 1.81. The van der Waals surface area contributed by atoms with Crippen molar-refractivity contribution in [3.8, 4) is 0 Å². The van der Waals surface area contributed by atoms with E-state index in [1.54, 1.807) is 0 Å². The summed E-state index contributed by atoms with van der Waals surface area (Å²) in [5, 5.41) is 4.52. The second-order valence-corrected chi connectivity index (χ2v) is 6.73. The molecule has 3 rings (SSSR count). The molecule has 1 aliphatic carbocycles. The Morgan fingerprint density at radius 3 is 2.65 bits per heavy atom. The number of hydrogen-bond acceptors (Lipinski definition) is 3. The van der Waals surface area contributed by atoms with Crippen LogP contribution in [0.1, 0.15) is 61.5 Å². The maximum atomic E-state index is 6.63. The first kappa shape index (κ1) is 14.1. The maximum Gasteiger partial charge on any atom is 0.0685 e. The van der Waals surface area contributed by atoms with Crippen LogP contribution in [-0.4, -0.2) is 22.0 Å². The van der Waals surface area contributed by atoms with Crippen LogP contribution in [0.5, 0.6) is 0 Å². The van der Waals surface area contributed by atoms with Crippen LogP contribution in [0.3, 0.4) is 0 Å². The van der Waals surface area contributed by atoms with Crippen molar-refractivity contribution in [2.24, 2.45) is 18.7 Å². The van der Waals surface area contributed by atoms with Gasteiger partial charge in [-0.3, -0.25) is 4.68 Å². The molecule has 0 radical (unpaired) electrons. The third-order valence-corrected chi connectivity index (χ3v) is 5.45. The van der Waals surface area contributed by atoms with Gasteiger partial charge in [0.25, 0.3) is 0 Å². The van der Waals surface area contributed by atoms with Gasteiger partial charge >= 0.3 is 0 Å². The van der Waals surface area contributed by atoms with Crippen molar-refractivity contribution in [3.63, 3.8) is 0 Å². The van der Waals surface area contributed by atoms with Gasteiger partial charge in [-0.15, -0.1) is 0 Å². The third-order valence-electron chi connectivity index (χ3n) is 5.45. The van der Waals surface area contributed by atoms with Gasteiger partial charge in [-0.1, -0.05) is 12.8 Å². The molecule has 4 nitrogen and oxygen atoms in total. The standard InChI is InChI=1S/C16H27N3O/c1-11-14(12(2)19(3)18-11)15(17)13-6-9-20-16(10-13)7-4-5-8-16/h13,15H,4-10,17H2,1-3H3. The number of ether oxygens (including phenoxy) is 1. The van der Waals surface area contributed by atoms with E-state index >= 15 is 0 Å². The maximum absolute atomic E-state index is 6.63. The summed E-state index contributed by atoms with van der Waals surface area (Å²) in [4.78, 5) is 0. The fourth-order valence-corrected chi connectivity index (χ4v) is 4.25. The van der Waals surface area contributed by atoms with Gasteiger partial charge in [-0.05, 0) is 45.4 Å². The van der Waals surface area contributed by atoms with Gasteiger partial charge in [-0.25, -0.2) is 0 Å². The molecule has 2 atom stereocenters. The summed E-state index contributed by atoms with van der Waals surface area (Å²) in [6.45, 7) is 5.07. The minimum absolute atomic E-state index is 0.102. The summed E-state index contributed by atoms with van der Waals surface area (Å²) in [5.41, 5.74) is 10.3. The highest BCUT2D eigenvalue weighted by Crippen LogP contribution is 2.45. The molecule has 1 saturated heterocycles. The highest BCUT2D eigenvalue weighted by atomic mass is 16.5. The lowest BCUT2D eigenvalue weighted by Gasteiger charge is -2.40. The largest absolute Gasteiger partial charge is 0.375 e. The second kappa shape index (κ2) is 5.15. The Kier molecular flexibility index (Phi) is 3.63. The predicted molar refractivity (Wildman–Crippen MR) is 79.5 cm³/mol. The first-order valence-electron chi connectivity index (χ1n) is 7.92. The van der Waals surface area contributed by atoms with Crippen LogP contribution in [0.2, 0.25) is 0 Å². The minimum Gasteiger partial charge on any atom is -0.375 e. The van der Waals surface area contributed by atoms with Crippen molar-refractivity contribution in [2.75, 3.05) is 6.61 Å². The van der Waals surface area contributed by atoms with Crippen LogP contribution < -0.4 is 5.73 Å². The molecule has 0 amide bonds. The van der Waals surface area contributed by atoms with E-state index in [-0.39, 0.29) is 11.6 Å². The Labute approximate surface area is 121 Å². The van der Waals surface area contributed by atoms with E-state index in [1.807, 2.05) is 11.7 Å². The van der Waals surface area contributed by atoms with Gasteiger partial charge in [0.2, 0.25) is 0 Å². The number of rotatable bonds is 2. The highest BCUT2D eigenvalue weighted by Gasteiger charge is 2.42. The number of nitrogens with two attached hydrogens (primary N) is 1. The smallest absolute Gasteiger partial charge is 0.0685 e. The molecule has 2 N–H and O–H groups in total. The SMILES string of the molecule is Cc1nn(C)c(C)c1C(N)C1CCOC2(CCCC2)C1. The molecule has 1 saturated carbocycles. The van der Waals surface area contributed by atoms with Crippen LogP contribution in [-0.2, 0) is 11.8 Å². The van der Waals surface area contributed by atoms with Crippen molar-refractivity contribution < 1.29 is 4.74 Å². The van der Waals surface area contributed by atoms with Crippen molar-refractivity contribution in [1.29, 1.82) is 0 Å². The lowest BCUT2D eigenvalue weighted by atomic mass is 9.78. The molecule has 0 aromatic carbocycles. The van der Waals surface area contributed by atoms with E-state index in [4.69, 9.17) is 10.5 Å². The molecule has 2 heterocycles. The summed E-state index contributed by atoms with van der Waals surface area (Å²) in [7, 11) is 2.00. The Hall–Kier alpha value is -0.870. The van der Waals surface area contributed by atoms with Crippen molar-refractivity contribution in [3.05, 3.63) is 17.0 Å². The normalized spacial score (nSPS) is 27.1. The summed E-state index contributed by atoms with van der Waals surface area (Å²) in [5.74, 6) is 0.531. The Bertz CT molecular complexity index is 488. The van der Waals surface area contributed by atoms with Gasteiger partial charge in [0, 0.05) is 31.0 Å². The van der Waals surface area contributed by atoms with Gasteiger partial charge in [-0.2, -0.15) is 5.10 Å². The van der Waals surface area contributed by atoms with E-state index in [0.717, 1.165) is 25.1 Å².